The first kappa shape index (κ1) is 16.4. The van der Waals surface area contributed by atoms with E-state index < -0.39 is 16.1 Å². The summed E-state index contributed by atoms with van der Waals surface area (Å²) in [5.41, 5.74) is 1.91. The highest BCUT2D eigenvalue weighted by Gasteiger charge is 2.27. The molecule has 0 heterocycles. The van der Waals surface area contributed by atoms with Crippen molar-refractivity contribution in [2.45, 2.75) is 24.3 Å². The lowest BCUT2D eigenvalue weighted by molar-refractivity contribution is -0.110. The Morgan fingerprint density at radius 3 is 2.18 bits per heavy atom. The number of hydrogen-bond acceptors (Lipinski definition) is 3. The van der Waals surface area contributed by atoms with Crippen molar-refractivity contribution in [3.8, 4) is 0 Å². The molecule has 0 saturated carbocycles. The molecule has 0 saturated heterocycles. The molecule has 0 bridgehead atoms. The Morgan fingerprint density at radius 2 is 1.64 bits per heavy atom. The van der Waals surface area contributed by atoms with E-state index >= 15 is 0 Å². The molecule has 2 aromatic carbocycles. The zero-order valence-electron chi connectivity index (χ0n) is 12.6. The van der Waals surface area contributed by atoms with Crippen LogP contribution in [0, 0.1) is 6.92 Å². The maximum atomic E-state index is 12.6. The number of rotatable bonds is 6. The second-order valence-electron chi connectivity index (χ2n) is 5.23. The van der Waals surface area contributed by atoms with Gasteiger partial charge in [0.15, 0.2) is 0 Å². The molecule has 0 radical (unpaired) electrons. The second-order valence-corrected chi connectivity index (χ2v) is 7.22. The lowest BCUT2D eigenvalue weighted by Gasteiger charge is -2.23. The Bertz CT molecular complexity index is 724. The zero-order chi connectivity index (χ0) is 16.2. The van der Waals surface area contributed by atoms with E-state index in [2.05, 4.69) is 0 Å². The Balaban J connectivity index is 2.25. The van der Waals surface area contributed by atoms with Crippen molar-refractivity contribution in [1.82, 2.24) is 4.31 Å². The zero-order valence-corrected chi connectivity index (χ0v) is 13.5. The summed E-state index contributed by atoms with van der Waals surface area (Å²) in [5.74, 6) is 0. The van der Waals surface area contributed by atoms with Gasteiger partial charge in [0.05, 0.1) is 10.9 Å². The first-order valence-electron chi connectivity index (χ1n) is 6.99. The average Bonchev–Trinajstić information content (AvgIpc) is 2.53. The minimum atomic E-state index is -3.69. The monoisotopic (exact) mass is 317 g/mol. The summed E-state index contributed by atoms with van der Waals surface area (Å²) in [6.45, 7) is 1.89. The molecule has 4 nitrogen and oxygen atoms in total. The molecule has 0 aliphatic heterocycles. The topological polar surface area (TPSA) is 54.5 Å². The fourth-order valence-corrected chi connectivity index (χ4v) is 3.47. The van der Waals surface area contributed by atoms with E-state index in [0.717, 1.165) is 15.4 Å². The molecular weight excluding hydrogens is 298 g/mol. The van der Waals surface area contributed by atoms with E-state index in [-0.39, 0.29) is 4.90 Å². The predicted octanol–water partition coefficient (Wildman–Crippen LogP) is 2.43. The summed E-state index contributed by atoms with van der Waals surface area (Å²) in [6.07, 6.45) is 1.03. The van der Waals surface area contributed by atoms with Crippen molar-refractivity contribution < 1.29 is 13.2 Å². The summed E-state index contributed by atoms with van der Waals surface area (Å²) < 4.78 is 26.3. The van der Waals surface area contributed by atoms with E-state index in [1.54, 1.807) is 24.3 Å². The van der Waals surface area contributed by atoms with Crippen LogP contribution in [-0.2, 0) is 21.2 Å². The average molecular weight is 317 g/mol. The predicted molar refractivity (Wildman–Crippen MR) is 86.1 cm³/mol. The van der Waals surface area contributed by atoms with Gasteiger partial charge in [-0.25, -0.2) is 8.42 Å². The minimum absolute atomic E-state index is 0.195. The summed E-state index contributed by atoms with van der Waals surface area (Å²) in [7, 11) is -2.24. The molecule has 0 amide bonds. The lowest BCUT2D eigenvalue weighted by Crippen LogP contribution is -2.39. The van der Waals surface area contributed by atoms with Crippen molar-refractivity contribution >= 4 is 16.3 Å². The van der Waals surface area contributed by atoms with Gasteiger partial charge in [-0.3, -0.25) is 0 Å². The van der Waals surface area contributed by atoms with Crippen molar-refractivity contribution in [1.29, 1.82) is 0 Å². The number of hydrogen-bond donors (Lipinski definition) is 0. The molecule has 1 atom stereocenters. The molecule has 0 unspecified atom stereocenters. The van der Waals surface area contributed by atoms with Gasteiger partial charge in [0.25, 0.3) is 0 Å². The molecule has 0 N–H and O–H groups in total. The molecule has 0 aliphatic rings. The summed E-state index contributed by atoms with van der Waals surface area (Å²) in [5, 5.41) is 0. The van der Waals surface area contributed by atoms with E-state index in [1.165, 1.54) is 7.05 Å². The second kappa shape index (κ2) is 6.85. The standard InChI is InChI=1S/C17H19NO3S/c1-14-8-10-17(11-9-14)22(20,21)18(2)16(13-19)12-15-6-4-3-5-7-15/h3-11,13,16H,12H2,1-2H3/t16-/m0/s1. The van der Waals surface area contributed by atoms with Gasteiger partial charge < -0.3 is 4.79 Å². The lowest BCUT2D eigenvalue weighted by atomic mass is 10.1. The minimum Gasteiger partial charge on any atom is -0.302 e. The molecule has 2 aromatic rings. The number of aryl methyl sites for hydroxylation is 1. The maximum Gasteiger partial charge on any atom is 0.243 e. The molecule has 116 valence electrons. The van der Waals surface area contributed by atoms with Crippen LogP contribution in [0.1, 0.15) is 11.1 Å². The van der Waals surface area contributed by atoms with Crippen LogP contribution >= 0.6 is 0 Å². The molecule has 2 rings (SSSR count). The highest BCUT2D eigenvalue weighted by molar-refractivity contribution is 7.89. The van der Waals surface area contributed by atoms with Crippen LogP contribution in [0.5, 0.6) is 0 Å². The normalized spacial score (nSPS) is 13.0. The van der Waals surface area contributed by atoms with Gasteiger partial charge in [-0.2, -0.15) is 4.31 Å². The summed E-state index contributed by atoms with van der Waals surface area (Å²) in [6, 6.07) is 15.3. The summed E-state index contributed by atoms with van der Waals surface area (Å²) in [4.78, 5) is 11.6. The fourth-order valence-electron chi connectivity index (χ4n) is 2.17. The first-order valence-corrected chi connectivity index (χ1v) is 8.43. The van der Waals surface area contributed by atoms with Gasteiger partial charge in [0.2, 0.25) is 10.0 Å². The Hall–Kier alpha value is -1.98. The molecule has 0 fully saturated rings. The smallest absolute Gasteiger partial charge is 0.243 e. The Kier molecular flexibility index (Phi) is 5.11. The third-order valence-corrected chi connectivity index (χ3v) is 5.51. The van der Waals surface area contributed by atoms with Gasteiger partial charge in [0, 0.05) is 7.05 Å². The van der Waals surface area contributed by atoms with Crippen LogP contribution in [0.15, 0.2) is 59.5 Å². The van der Waals surface area contributed by atoms with Crippen molar-refractivity contribution in [2.24, 2.45) is 0 Å². The van der Waals surface area contributed by atoms with Crippen LogP contribution in [0.2, 0.25) is 0 Å². The van der Waals surface area contributed by atoms with Crippen molar-refractivity contribution in [2.75, 3.05) is 7.05 Å². The third kappa shape index (κ3) is 3.61. The summed E-state index contributed by atoms with van der Waals surface area (Å²) >= 11 is 0. The number of carbonyl (C=O) groups excluding carboxylic acids is 1. The Labute approximate surface area is 131 Å². The highest BCUT2D eigenvalue weighted by atomic mass is 32.2. The van der Waals surface area contributed by atoms with Crippen LogP contribution < -0.4 is 0 Å². The molecule has 22 heavy (non-hydrogen) atoms. The molecule has 5 heteroatoms. The quantitative estimate of drug-likeness (QED) is 0.769. The number of nitrogens with zero attached hydrogens (tertiary/aromatic N) is 1. The van der Waals surface area contributed by atoms with Crippen LogP contribution in [0.4, 0.5) is 0 Å². The third-order valence-electron chi connectivity index (χ3n) is 3.61. The number of sulfonamides is 1. The highest BCUT2D eigenvalue weighted by Crippen LogP contribution is 2.18. The van der Waals surface area contributed by atoms with E-state index in [9.17, 15) is 13.2 Å². The van der Waals surface area contributed by atoms with E-state index in [4.69, 9.17) is 0 Å². The van der Waals surface area contributed by atoms with Crippen molar-refractivity contribution in [3.63, 3.8) is 0 Å². The van der Waals surface area contributed by atoms with Gasteiger partial charge in [0.1, 0.15) is 6.29 Å². The van der Waals surface area contributed by atoms with Crippen LogP contribution in [0.25, 0.3) is 0 Å². The van der Waals surface area contributed by atoms with Crippen LogP contribution in [-0.4, -0.2) is 32.1 Å². The Morgan fingerprint density at radius 1 is 1.05 bits per heavy atom. The molecule has 0 aromatic heterocycles. The SMILES string of the molecule is Cc1ccc(S(=O)(=O)N(C)[C@H](C=O)Cc2ccccc2)cc1. The fraction of sp³-hybridized carbons (Fsp3) is 0.235. The van der Waals surface area contributed by atoms with Gasteiger partial charge in [-0.05, 0) is 31.0 Å². The number of aldehydes is 1. The van der Waals surface area contributed by atoms with Crippen molar-refractivity contribution in [3.05, 3.63) is 65.7 Å². The van der Waals surface area contributed by atoms with E-state index in [1.807, 2.05) is 37.3 Å². The van der Waals surface area contributed by atoms with Crippen LogP contribution in [0.3, 0.4) is 0 Å². The number of likely N-dealkylation sites (N-methyl/N-ethyl adjacent to an activating group) is 1. The number of carbonyl (C=O) groups is 1. The first-order chi connectivity index (χ1) is 10.4. The van der Waals surface area contributed by atoms with Gasteiger partial charge in [-0.1, -0.05) is 48.0 Å². The van der Waals surface area contributed by atoms with Gasteiger partial charge in [-0.15, -0.1) is 0 Å². The maximum absolute atomic E-state index is 12.6. The van der Waals surface area contributed by atoms with E-state index in [0.29, 0.717) is 12.7 Å². The largest absolute Gasteiger partial charge is 0.302 e. The van der Waals surface area contributed by atoms with Gasteiger partial charge >= 0.3 is 0 Å². The molecular formula is C17H19NO3S. The molecule has 0 aliphatic carbocycles. The molecule has 0 spiro atoms. The number of benzene rings is 2.